The van der Waals surface area contributed by atoms with Crippen LogP contribution in [0.15, 0.2) is 109 Å². The van der Waals surface area contributed by atoms with Crippen molar-refractivity contribution in [3.8, 4) is 11.5 Å². The number of imide groups is 2. The number of amides is 4. The Morgan fingerprint density at radius 2 is 1.44 bits per heavy atom. The summed E-state index contributed by atoms with van der Waals surface area (Å²) < 4.78 is 11.7. The van der Waals surface area contributed by atoms with Gasteiger partial charge in [0.25, 0.3) is 11.8 Å². The number of anilines is 1. The summed E-state index contributed by atoms with van der Waals surface area (Å²) in [6.07, 6.45) is 1.41. The molecule has 1 fully saturated rings. The van der Waals surface area contributed by atoms with Crippen molar-refractivity contribution in [2.75, 3.05) is 4.90 Å². The number of ether oxygens (including phenoxy) is 2. The standard InChI is InChI=1S/C31H23ClN2O5/c32-27-12-6-4-11-23(27)20-39-28-13-7-5-10-22(28)18-26-29(35)33-31(37)34(30(26)36)24-14-16-25(17-15-24)38-19-21-8-2-1-3-9-21/h1-18H,19-20H2,(H,33,35,37)/b26-18+. The van der Waals surface area contributed by atoms with Crippen LogP contribution >= 0.6 is 11.6 Å². The van der Waals surface area contributed by atoms with Gasteiger partial charge in [0, 0.05) is 16.1 Å². The maximum absolute atomic E-state index is 13.4. The zero-order valence-electron chi connectivity index (χ0n) is 20.7. The Morgan fingerprint density at radius 3 is 2.21 bits per heavy atom. The fourth-order valence-electron chi connectivity index (χ4n) is 3.98. The molecule has 4 aromatic rings. The molecule has 39 heavy (non-hydrogen) atoms. The second-order valence-electron chi connectivity index (χ2n) is 8.64. The van der Waals surface area contributed by atoms with Gasteiger partial charge in [0.15, 0.2) is 0 Å². The van der Waals surface area contributed by atoms with Crippen molar-refractivity contribution in [3.63, 3.8) is 0 Å². The van der Waals surface area contributed by atoms with E-state index < -0.39 is 17.8 Å². The van der Waals surface area contributed by atoms with E-state index >= 15 is 0 Å². The molecule has 0 spiro atoms. The highest BCUT2D eigenvalue weighted by molar-refractivity contribution is 6.39. The van der Waals surface area contributed by atoms with Gasteiger partial charge in [-0.3, -0.25) is 14.9 Å². The summed E-state index contributed by atoms with van der Waals surface area (Å²) in [4.78, 5) is 39.6. The lowest BCUT2D eigenvalue weighted by Crippen LogP contribution is -2.54. The first-order chi connectivity index (χ1) is 19.0. The van der Waals surface area contributed by atoms with Gasteiger partial charge in [-0.25, -0.2) is 9.69 Å². The van der Waals surface area contributed by atoms with Gasteiger partial charge in [-0.05, 0) is 48.0 Å². The lowest BCUT2D eigenvalue weighted by molar-refractivity contribution is -0.122. The molecule has 4 aromatic carbocycles. The average Bonchev–Trinajstić information content (AvgIpc) is 2.95. The minimum atomic E-state index is -0.830. The Hall–Kier alpha value is -4.88. The van der Waals surface area contributed by atoms with Crippen molar-refractivity contribution in [3.05, 3.63) is 130 Å². The van der Waals surface area contributed by atoms with Crippen LogP contribution in [-0.2, 0) is 22.8 Å². The Balaban J connectivity index is 1.35. The number of nitrogens with zero attached hydrogens (tertiary/aromatic N) is 1. The van der Waals surface area contributed by atoms with Gasteiger partial charge in [0.05, 0.1) is 5.69 Å². The van der Waals surface area contributed by atoms with E-state index in [2.05, 4.69) is 5.32 Å². The van der Waals surface area contributed by atoms with Crippen LogP contribution in [0.2, 0.25) is 5.02 Å². The van der Waals surface area contributed by atoms with Crippen molar-refractivity contribution in [1.82, 2.24) is 5.32 Å². The van der Waals surface area contributed by atoms with Crippen molar-refractivity contribution in [1.29, 1.82) is 0 Å². The lowest BCUT2D eigenvalue weighted by Gasteiger charge is -2.26. The van der Waals surface area contributed by atoms with Crippen molar-refractivity contribution >= 4 is 41.2 Å². The Morgan fingerprint density at radius 1 is 0.744 bits per heavy atom. The first kappa shape index (κ1) is 25.8. The first-order valence-electron chi connectivity index (χ1n) is 12.1. The molecule has 1 aliphatic rings. The summed E-state index contributed by atoms with van der Waals surface area (Å²) >= 11 is 6.23. The quantitative estimate of drug-likeness (QED) is 0.214. The number of halogens is 1. The molecule has 0 atom stereocenters. The highest BCUT2D eigenvalue weighted by atomic mass is 35.5. The maximum atomic E-state index is 13.4. The van der Waals surface area contributed by atoms with Crippen LogP contribution < -0.4 is 19.7 Å². The molecular weight excluding hydrogens is 516 g/mol. The van der Waals surface area contributed by atoms with Crippen LogP contribution in [-0.4, -0.2) is 17.8 Å². The third kappa shape index (κ3) is 6.00. The zero-order valence-corrected chi connectivity index (χ0v) is 21.4. The largest absolute Gasteiger partial charge is 0.489 e. The summed E-state index contributed by atoms with van der Waals surface area (Å²) in [6.45, 7) is 0.575. The lowest BCUT2D eigenvalue weighted by atomic mass is 10.1. The Labute approximate surface area is 230 Å². The summed E-state index contributed by atoms with van der Waals surface area (Å²) in [5.41, 5.74) is 2.40. The number of hydrogen-bond donors (Lipinski definition) is 1. The minimum Gasteiger partial charge on any atom is -0.489 e. The van der Waals surface area contributed by atoms with Gasteiger partial charge >= 0.3 is 6.03 Å². The monoisotopic (exact) mass is 538 g/mol. The van der Waals surface area contributed by atoms with E-state index in [1.165, 1.54) is 6.08 Å². The van der Waals surface area contributed by atoms with E-state index in [-0.39, 0.29) is 12.2 Å². The molecule has 0 unspecified atom stereocenters. The highest BCUT2D eigenvalue weighted by Crippen LogP contribution is 2.28. The third-order valence-electron chi connectivity index (χ3n) is 6.00. The van der Waals surface area contributed by atoms with Gasteiger partial charge in [-0.2, -0.15) is 0 Å². The molecule has 194 valence electrons. The Kier molecular flexibility index (Phi) is 7.70. The average molecular weight is 539 g/mol. The molecule has 0 aliphatic carbocycles. The summed E-state index contributed by atoms with van der Waals surface area (Å²) in [5, 5.41) is 2.81. The molecule has 0 saturated carbocycles. The van der Waals surface area contributed by atoms with Gasteiger partial charge in [0.1, 0.15) is 30.3 Å². The molecule has 1 saturated heterocycles. The van der Waals surface area contributed by atoms with E-state index in [1.807, 2.05) is 48.5 Å². The molecular formula is C31H23ClN2O5. The predicted octanol–water partition coefficient (Wildman–Crippen LogP) is 6.16. The SMILES string of the molecule is O=C1NC(=O)N(c2ccc(OCc3ccccc3)cc2)C(=O)/C1=C/c1ccccc1OCc1ccccc1Cl. The van der Waals surface area contributed by atoms with Gasteiger partial charge in [0.2, 0.25) is 0 Å². The topological polar surface area (TPSA) is 84.9 Å². The fourth-order valence-corrected chi connectivity index (χ4v) is 4.17. The number of urea groups is 1. The number of rotatable bonds is 8. The molecule has 1 heterocycles. The van der Waals surface area contributed by atoms with Crippen LogP contribution in [0.5, 0.6) is 11.5 Å². The van der Waals surface area contributed by atoms with Crippen molar-refractivity contribution in [2.45, 2.75) is 13.2 Å². The Bertz CT molecular complexity index is 1550. The minimum absolute atomic E-state index is 0.198. The van der Waals surface area contributed by atoms with Gasteiger partial charge in [-0.15, -0.1) is 0 Å². The van der Waals surface area contributed by atoms with E-state index in [1.54, 1.807) is 54.6 Å². The number of carbonyl (C=O) groups excluding carboxylic acids is 3. The van der Waals surface area contributed by atoms with Crippen LogP contribution in [0.1, 0.15) is 16.7 Å². The first-order valence-corrected chi connectivity index (χ1v) is 12.5. The number of carbonyl (C=O) groups is 3. The molecule has 0 radical (unpaired) electrons. The summed E-state index contributed by atoms with van der Waals surface area (Å²) in [5.74, 6) is -0.509. The second kappa shape index (κ2) is 11.7. The highest BCUT2D eigenvalue weighted by Gasteiger charge is 2.37. The molecule has 8 heteroatoms. The normalized spacial score (nSPS) is 14.3. The molecule has 7 nitrogen and oxygen atoms in total. The van der Waals surface area contributed by atoms with E-state index in [4.69, 9.17) is 21.1 Å². The second-order valence-corrected chi connectivity index (χ2v) is 9.05. The van der Waals surface area contributed by atoms with Gasteiger partial charge < -0.3 is 9.47 Å². The van der Waals surface area contributed by atoms with Crippen molar-refractivity contribution in [2.24, 2.45) is 0 Å². The summed E-state index contributed by atoms with van der Waals surface area (Å²) in [6, 6.07) is 29.7. The van der Waals surface area contributed by atoms with Crippen LogP contribution in [0.4, 0.5) is 10.5 Å². The predicted molar refractivity (Wildman–Crippen MR) is 148 cm³/mol. The number of para-hydroxylation sites is 1. The van der Waals surface area contributed by atoms with Gasteiger partial charge in [-0.1, -0.05) is 78.3 Å². The van der Waals surface area contributed by atoms with Crippen LogP contribution in [0, 0.1) is 0 Å². The third-order valence-corrected chi connectivity index (χ3v) is 6.37. The fraction of sp³-hybridized carbons (Fsp3) is 0.0645. The number of hydrogen-bond acceptors (Lipinski definition) is 5. The summed E-state index contributed by atoms with van der Waals surface area (Å²) in [7, 11) is 0. The van der Waals surface area contributed by atoms with Crippen molar-refractivity contribution < 1.29 is 23.9 Å². The van der Waals surface area contributed by atoms with E-state index in [9.17, 15) is 14.4 Å². The van der Waals surface area contributed by atoms with Crippen LogP contribution in [0.25, 0.3) is 6.08 Å². The van der Waals surface area contributed by atoms with Crippen LogP contribution in [0.3, 0.4) is 0 Å². The molecule has 4 amide bonds. The smallest absolute Gasteiger partial charge is 0.335 e. The maximum Gasteiger partial charge on any atom is 0.335 e. The molecule has 1 N–H and O–H groups in total. The number of barbiturate groups is 1. The number of nitrogens with one attached hydrogen (secondary N) is 1. The zero-order chi connectivity index (χ0) is 27.2. The van der Waals surface area contributed by atoms with E-state index in [0.29, 0.717) is 34.4 Å². The van der Waals surface area contributed by atoms with E-state index in [0.717, 1.165) is 16.0 Å². The molecule has 1 aliphatic heterocycles. The molecule has 0 bridgehead atoms. The molecule has 0 aromatic heterocycles. The molecule has 5 rings (SSSR count). The number of benzene rings is 4.